The van der Waals surface area contributed by atoms with E-state index in [-0.39, 0.29) is 12.3 Å². The van der Waals surface area contributed by atoms with Crippen molar-refractivity contribution in [1.29, 1.82) is 0 Å². The Kier molecular flexibility index (Phi) is 5.73. The van der Waals surface area contributed by atoms with Crippen molar-refractivity contribution in [3.63, 3.8) is 0 Å². The van der Waals surface area contributed by atoms with Crippen LogP contribution in [0.15, 0.2) is 18.3 Å². The van der Waals surface area contributed by atoms with Gasteiger partial charge >= 0.3 is 0 Å². The number of halogens is 1. The SMILES string of the molecule is CCc1nc(C)nc(NC(C)(C)COc2ccc([N+](=O)[O-])cn2)c1Cl. The van der Waals surface area contributed by atoms with Gasteiger partial charge in [-0.3, -0.25) is 10.1 Å². The molecule has 1 N–H and O–H groups in total. The summed E-state index contributed by atoms with van der Waals surface area (Å²) in [4.78, 5) is 22.7. The van der Waals surface area contributed by atoms with Crippen LogP contribution >= 0.6 is 11.6 Å². The van der Waals surface area contributed by atoms with Crippen LogP contribution in [0.25, 0.3) is 0 Å². The third kappa shape index (κ3) is 4.99. The second-order valence-electron chi connectivity index (χ2n) is 6.14. The van der Waals surface area contributed by atoms with Crippen molar-refractivity contribution < 1.29 is 9.66 Å². The highest BCUT2D eigenvalue weighted by atomic mass is 35.5. The lowest BCUT2D eigenvalue weighted by atomic mass is 10.1. The first kappa shape index (κ1) is 18.9. The van der Waals surface area contributed by atoms with E-state index in [2.05, 4.69) is 20.3 Å². The second-order valence-corrected chi connectivity index (χ2v) is 6.52. The van der Waals surface area contributed by atoms with Crippen LogP contribution in [0, 0.1) is 17.0 Å². The fraction of sp³-hybridized carbons (Fsp3) is 0.438. The van der Waals surface area contributed by atoms with Gasteiger partial charge < -0.3 is 10.1 Å². The topological polar surface area (TPSA) is 103 Å². The predicted molar refractivity (Wildman–Crippen MR) is 95.2 cm³/mol. The van der Waals surface area contributed by atoms with E-state index < -0.39 is 10.5 Å². The van der Waals surface area contributed by atoms with Crippen molar-refractivity contribution in [3.8, 4) is 5.88 Å². The molecule has 0 atom stereocenters. The zero-order valence-corrected chi connectivity index (χ0v) is 15.3. The lowest BCUT2D eigenvalue weighted by molar-refractivity contribution is -0.385. The molecule has 2 heterocycles. The third-order valence-electron chi connectivity index (χ3n) is 3.34. The molecule has 0 amide bonds. The third-order valence-corrected chi connectivity index (χ3v) is 3.73. The van der Waals surface area contributed by atoms with Crippen LogP contribution in [0.3, 0.4) is 0 Å². The van der Waals surface area contributed by atoms with Crippen molar-refractivity contribution >= 4 is 23.1 Å². The number of nitro groups is 1. The number of hydrogen-bond acceptors (Lipinski definition) is 7. The minimum atomic E-state index is -0.507. The van der Waals surface area contributed by atoms with Crippen LogP contribution in [0.5, 0.6) is 5.88 Å². The summed E-state index contributed by atoms with van der Waals surface area (Å²) in [5, 5.41) is 14.4. The van der Waals surface area contributed by atoms with Crippen molar-refractivity contribution in [2.75, 3.05) is 11.9 Å². The van der Waals surface area contributed by atoms with E-state index in [0.717, 1.165) is 11.9 Å². The molecule has 25 heavy (non-hydrogen) atoms. The highest BCUT2D eigenvalue weighted by Crippen LogP contribution is 2.26. The van der Waals surface area contributed by atoms with Crippen LogP contribution in [0.1, 0.15) is 32.3 Å². The van der Waals surface area contributed by atoms with Crippen molar-refractivity contribution in [3.05, 3.63) is 45.0 Å². The quantitative estimate of drug-likeness (QED) is 0.590. The molecule has 9 heteroatoms. The maximum absolute atomic E-state index is 10.6. The molecular formula is C16H20ClN5O3. The van der Waals surface area contributed by atoms with Gasteiger partial charge in [-0.2, -0.15) is 0 Å². The molecule has 2 aromatic heterocycles. The largest absolute Gasteiger partial charge is 0.475 e. The standard InChI is InChI=1S/C16H20ClN5O3/c1-5-12-14(17)15(20-10(2)19-12)21-16(3,4)9-25-13-7-6-11(8-18-13)22(23)24/h6-8H,5,9H2,1-4H3,(H,19,20,21). The summed E-state index contributed by atoms with van der Waals surface area (Å²) in [7, 11) is 0. The molecule has 134 valence electrons. The molecule has 0 aliphatic carbocycles. The Hall–Kier alpha value is -2.48. The van der Waals surface area contributed by atoms with Gasteiger partial charge in [0, 0.05) is 12.1 Å². The minimum absolute atomic E-state index is 0.0833. The monoisotopic (exact) mass is 365 g/mol. The van der Waals surface area contributed by atoms with Crippen LogP contribution in [-0.2, 0) is 6.42 Å². The van der Waals surface area contributed by atoms with E-state index in [0.29, 0.717) is 29.0 Å². The number of hydrogen-bond donors (Lipinski definition) is 1. The molecule has 0 spiro atoms. The highest BCUT2D eigenvalue weighted by molar-refractivity contribution is 6.33. The summed E-state index contributed by atoms with van der Waals surface area (Å²) in [6.07, 6.45) is 1.87. The number of rotatable bonds is 7. The summed E-state index contributed by atoms with van der Waals surface area (Å²) in [5.74, 6) is 1.49. The van der Waals surface area contributed by atoms with Crippen molar-refractivity contribution in [2.24, 2.45) is 0 Å². The number of nitrogens with zero attached hydrogens (tertiary/aromatic N) is 4. The molecule has 0 aliphatic heterocycles. The fourth-order valence-corrected chi connectivity index (χ4v) is 2.38. The van der Waals surface area contributed by atoms with Crippen LogP contribution in [0.4, 0.5) is 11.5 Å². The number of pyridine rings is 1. The molecular weight excluding hydrogens is 346 g/mol. The molecule has 2 aromatic rings. The van der Waals surface area contributed by atoms with Gasteiger partial charge in [-0.25, -0.2) is 15.0 Å². The zero-order chi connectivity index (χ0) is 18.6. The van der Waals surface area contributed by atoms with Crippen LogP contribution < -0.4 is 10.1 Å². The molecule has 0 aromatic carbocycles. The summed E-state index contributed by atoms with van der Waals surface area (Å²) >= 11 is 6.35. The molecule has 0 radical (unpaired) electrons. The van der Waals surface area contributed by atoms with Crippen molar-refractivity contribution in [1.82, 2.24) is 15.0 Å². The number of anilines is 1. The first-order valence-corrected chi connectivity index (χ1v) is 8.14. The van der Waals surface area contributed by atoms with Gasteiger partial charge in [-0.15, -0.1) is 0 Å². The maximum Gasteiger partial charge on any atom is 0.287 e. The Bertz CT molecular complexity index is 765. The molecule has 0 saturated carbocycles. The highest BCUT2D eigenvalue weighted by Gasteiger charge is 2.22. The van der Waals surface area contributed by atoms with Gasteiger partial charge in [0.2, 0.25) is 5.88 Å². The normalized spacial score (nSPS) is 11.2. The van der Waals surface area contributed by atoms with Crippen LogP contribution in [-0.4, -0.2) is 32.0 Å². The lowest BCUT2D eigenvalue weighted by Crippen LogP contribution is -2.38. The predicted octanol–water partition coefficient (Wildman–Crippen LogP) is 3.57. The molecule has 0 bridgehead atoms. The molecule has 0 aliphatic rings. The van der Waals surface area contributed by atoms with E-state index in [1.165, 1.54) is 12.1 Å². The first-order chi connectivity index (χ1) is 11.7. The maximum atomic E-state index is 10.6. The Morgan fingerprint density at radius 3 is 2.64 bits per heavy atom. The summed E-state index contributed by atoms with van der Waals surface area (Å²) in [6.45, 7) is 7.91. The lowest BCUT2D eigenvalue weighted by Gasteiger charge is -2.27. The summed E-state index contributed by atoms with van der Waals surface area (Å²) in [6, 6.07) is 2.81. The van der Waals surface area contributed by atoms with E-state index in [1.54, 1.807) is 0 Å². The Balaban J connectivity index is 2.07. The van der Waals surface area contributed by atoms with E-state index in [9.17, 15) is 10.1 Å². The number of nitrogens with one attached hydrogen (secondary N) is 1. The van der Waals surface area contributed by atoms with Crippen molar-refractivity contribution in [2.45, 2.75) is 39.7 Å². The van der Waals surface area contributed by atoms with Gasteiger partial charge in [0.1, 0.15) is 29.5 Å². The zero-order valence-electron chi connectivity index (χ0n) is 14.5. The average molecular weight is 366 g/mol. The first-order valence-electron chi connectivity index (χ1n) is 7.76. The Labute approximate surface area is 150 Å². The second kappa shape index (κ2) is 7.60. The molecule has 2 rings (SSSR count). The van der Waals surface area contributed by atoms with Gasteiger partial charge in [0.25, 0.3) is 5.69 Å². The Morgan fingerprint density at radius 2 is 2.08 bits per heavy atom. The number of aryl methyl sites for hydroxylation is 2. The van der Waals surface area contributed by atoms with Gasteiger partial charge in [-0.1, -0.05) is 18.5 Å². The van der Waals surface area contributed by atoms with E-state index in [4.69, 9.17) is 16.3 Å². The summed E-state index contributed by atoms with van der Waals surface area (Å²) in [5.41, 5.74) is 0.198. The van der Waals surface area contributed by atoms with Gasteiger partial charge in [0.15, 0.2) is 0 Å². The van der Waals surface area contributed by atoms with Gasteiger partial charge in [0.05, 0.1) is 16.2 Å². The Morgan fingerprint density at radius 1 is 1.36 bits per heavy atom. The smallest absolute Gasteiger partial charge is 0.287 e. The van der Waals surface area contributed by atoms with Crippen LogP contribution in [0.2, 0.25) is 5.02 Å². The molecule has 8 nitrogen and oxygen atoms in total. The number of ether oxygens (including phenoxy) is 1. The number of aromatic nitrogens is 3. The molecule has 0 fully saturated rings. The fourth-order valence-electron chi connectivity index (χ4n) is 2.11. The average Bonchev–Trinajstić information content (AvgIpc) is 2.56. The van der Waals surface area contributed by atoms with E-state index in [1.807, 2.05) is 27.7 Å². The molecule has 0 saturated heterocycles. The minimum Gasteiger partial charge on any atom is -0.475 e. The molecule has 0 unspecified atom stereocenters. The van der Waals surface area contributed by atoms with E-state index >= 15 is 0 Å². The summed E-state index contributed by atoms with van der Waals surface area (Å²) < 4.78 is 5.62. The van der Waals surface area contributed by atoms with Gasteiger partial charge in [-0.05, 0) is 27.2 Å².